The van der Waals surface area contributed by atoms with Crippen LogP contribution in [0.1, 0.15) is 125 Å². The highest BCUT2D eigenvalue weighted by Crippen LogP contribution is 2.44. The van der Waals surface area contributed by atoms with Gasteiger partial charge in [-0.15, -0.1) is 0 Å². The summed E-state index contributed by atoms with van der Waals surface area (Å²) < 4.78 is 6.01. The lowest BCUT2D eigenvalue weighted by molar-refractivity contribution is 0.0148. The van der Waals surface area contributed by atoms with Gasteiger partial charge in [0.2, 0.25) is 0 Å². The molecule has 1 amide bonds. The number of nitrogens with zero attached hydrogens (tertiary/aromatic N) is 3. The Balaban J connectivity index is 0.831. The van der Waals surface area contributed by atoms with Crippen molar-refractivity contribution in [3.05, 3.63) is 106 Å². The summed E-state index contributed by atoms with van der Waals surface area (Å²) >= 11 is 0. The summed E-state index contributed by atoms with van der Waals surface area (Å²) in [5.74, 6) is 2.43. The first-order valence-electron chi connectivity index (χ1n) is 22.9. The monoisotopic (exact) mass is 785 g/mol. The third kappa shape index (κ3) is 7.11. The van der Waals surface area contributed by atoms with E-state index in [2.05, 4.69) is 88.0 Å². The molecule has 59 heavy (non-hydrogen) atoms. The SMILES string of the molecule is CC(C)(C)OC(=O)N1[C@H](C2=Nc3ccc(-c4cc5ccc4CCc4ccc(c(-c6ccc7nc([C@@H]8C[C@@H]9CCCC[C@@H]9N8)[nH]c7c6)c4)CC5)cc3C2)C[C@@H]2CCCC[C@@H]21. The van der Waals surface area contributed by atoms with E-state index in [-0.39, 0.29) is 18.2 Å². The number of fused-ring (bicyclic) bond motifs is 4. The molecule has 9 aliphatic rings. The van der Waals surface area contributed by atoms with Gasteiger partial charge >= 0.3 is 6.09 Å². The Morgan fingerprint density at radius 1 is 0.729 bits per heavy atom. The standard InChI is InChI=1S/C52H59N5O2/c1-52(2,3)59-51(58)57-48-11-7-5-9-38(48)30-49(57)46-29-39-26-35(20-22-43(39)53-46)40-24-31-12-16-33(40)17-13-32-15-19-34(18-14-31)41(25-32)36-21-23-44-45(27-36)56-50(55-44)47-28-37-8-4-6-10-42(37)54-47/h12,15-16,19-27,37-38,42,47-49,54H,4-11,13-14,17-18,28-30H2,1-3H3,(H,55,56)/t37-,38-,42-,47-,48-,49-/m0/s1. The fourth-order valence-corrected chi connectivity index (χ4v) is 11.9. The first-order valence-corrected chi connectivity index (χ1v) is 22.9. The first-order chi connectivity index (χ1) is 28.7. The van der Waals surface area contributed by atoms with Crippen LogP contribution in [0.5, 0.6) is 0 Å². The van der Waals surface area contributed by atoms with E-state index in [1.165, 1.54) is 101 Å². The van der Waals surface area contributed by atoms with Crippen molar-refractivity contribution in [1.29, 1.82) is 0 Å². The Morgan fingerprint density at radius 2 is 1.42 bits per heavy atom. The number of carbonyl (C=O) groups is 1. The molecule has 2 saturated heterocycles. The van der Waals surface area contributed by atoms with Crippen LogP contribution in [0.2, 0.25) is 0 Å². The number of hydrogen-bond donors (Lipinski definition) is 2. The maximum atomic E-state index is 13.7. The number of imidazole rings is 1. The number of amides is 1. The van der Waals surface area contributed by atoms with Crippen molar-refractivity contribution in [2.45, 2.75) is 147 Å². The van der Waals surface area contributed by atoms with Crippen molar-refractivity contribution >= 4 is 28.5 Å². The van der Waals surface area contributed by atoms with Gasteiger partial charge in [0.25, 0.3) is 0 Å². The van der Waals surface area contributed by atoms with Gasteiger partial charge in [-0.1, -0.05) is 74.2 Å². The molecule has 304 valence electrons. The molecule has 4 aromatic carbocycles. The molecule has 4 bridgehead atoms. The lowest BCUT2D eigenvalue weighted by Crippen LogP contribution is -2.48. The Hall–Kier alpha value is -4.75. The fourth-order valence-electron chi connectivity index (χ4n) is 11.9. The summed E-state index contributed by atoms with van der Waals surface area (Å²) in [5.41, 5.74) is 15.9. The lowest BCUT2D eigenvalue weighted by Gasteiger charge is -2.35. The smallest absolute Gasteiger partial charge is 0.411 e. The minimum Gasteiger partial charge on any atom is -0.444 e. The molecule has 14 rings (SSSR count). The van der Waals surface area contributed by atoms with Gasteiger partial charge in [0, 0.05) is 24.2 Å². The molecule has 7 nitrogen and oxygen atoms in total. The van der Waals surface area contributed by atoms with Gasteiger partial charge in [-0.05, 0) is 171 Å². The van der Waals surface area contributed by atoms with Gasteiger partial charge in [-0.3, -0.25) is 9.89 Å². The number of rotatable bonds is 4. The van der Waals surface area contributed by atoms with E-state index in [4.69, 9.17) is 14.7 Å². The summed E-state index contributed by atoms with van der Waals surface area (Å²) in [7, 11) is 0. The molecular weight excluding hydrogens is 727 g/mol. The van der Waals surface area contributed by atoms with Crippen LogP contribution >= 0.6 is 0 Å². The van der Waals surface area contributed by atoms with Gasteiger partial charge in [0.05, 0.1) is 28.8 Å². The second kappa shape index (κ2) is 14.8. The summed E-state index contributed by atoms with van der Waals surface area (Å²) in [6.07, 6.45) is 16.8. The zero-order valence-corrected chi connectivity index (χ0v) is 35.2. The van der Waals surface area contributed by atoms with E-state index in [9.17, 15) is 4.79 Å². The van der Waals surface area contributed by atoms with Crippen molar-refractivity contribution in [3.63, 3.8) is 0 Å². The summed E-state index contributed by atoms with van der Waals surface area (Å²) in [4.78, 5) is 29.9. The van der Waals surface area contributed by atoms with Crippen LogP contribution < -0.4 is 5.32 Å². The highest BCUT2D eigenvalue weighted by molar-refractivity contribution is 6.00. The fraction of sp³-hybridized carbons (Fsp3) is 0.481. The number of carbonyl (C=O) groups excluding carboxylic acids is 1. The second-order valence-corrected chi connectivity index (χ2v) is 19.8. The Labute approximate surface area is 349 Å². The van der Waals surface area contributed by atoms with E-state index in [1.54, 1.807) is 0 Å². The number of aliphatic imine (C=N–C) groups is 1. The second-order valence-electron chi connectivity index (χ2n) is 19.8. The number of aromatic amines is 1. The average Bonchev–Trinajstić information content (AvgIpc) is 4.03. The molecule has 2 N–H and O–H groups in total. The quantitative estimate of drug-likeness (QED) is 0.190. The third-order valence-electron chi connectivity index (χ3n) is 14.8. The number of hydrogen-bond acceptors (Lipinski definition) is 5. The van der Waals surface area contributed by atoms with Crippen molar-refractivity contribution in [1.82, 2.24) is 20.2 Å². The summed E-state index contributed by atoms with van der Waals surface area (Å²) in [6, 6.07) is 29.4. The molecule has 0 unspecified atom stereocenters. The maximum absolute atomic E-state index is 13.7. The molecule has 4 heterocycles. The molecule has 3 aliphatic heterocycles. The van der Waals surface area contributed by atoms with Crippen LogP contribution in [0.25, 0.3) is 33.3 Å². The molecule has 2 saturated carbocycles. The zero-order chi connectivity index (χ0) is 39.8. The van der Waals surface area contributed by atoms with E-state index >= 15 is 0 Å². The number of benzene rings is 4. The van der Waals surface area contributed by atoms with Crippen molar-refractivity contribution in [2.75, 3.05) is 0 Å². The third-order valence-corrected chi connectivity index (χ3v) is 14.8. The Bertz CT molecular complexity index is 2460. The summed E-state index contributed by atoms with van der Waals surface area (Å²) in [6.45, 7) is 5.91. The molecular formula is C52H59N5O2. The summed E-state index contributed by atoms with van der Waals surface area (Å²) in [5, 5.41) is 3.92. The molecule has 6 aliphatic carbocycles. The van der Waals surface area contributed by atoms with Crippen LogP contribution in [-0.2, 0) is 36.8 Å². The van der Waals surface area contributed by atoms with Crippen LogP contribution in [0.15, 0.2) is 77.8 Å². The molecule has 1 aromatic heterocycles. The predicted octanol–water partition coefficient (Wildman–Crippen LogP) is 11.6. The number of nitrogens with one attached hydrogen (secondary N) is 2. The van der Waals surface area contributed by atoms with E-state index in [1.807, 2.05) is 20.8 Å². The van der Waals surface area contributed by atoms with Gasteiger partial charge in [0.1, 0.15) is 11.4 Å². The topological polar surface area (TPSA) is 82.6 Å². The molecule has 7 heteroatoms. The van der Waals surface area contributed by atoms with Crippen LogP contribution in [-0.4, -0.2) is 50.4 Å². The normalized spacial score (nSPS) is 26.3. The van der Waals surface area contributed by atoms with Crippen molar-refractivity contribution in [2.24, 2.45) is 16.8 Å². The van der Waals surface area contributed by atoms with Crippen molar-refractivity contribution in [3.8, 4) is 22.3 Å². The van der Waals surface area contributed by atoms with Gasteiger partial charge < -0.3 is 15.0 Å². The predicted molar refractivity (Wildman–Crippen MR) is 237 cm³/mol. The lowest BCUT2D eigenvalue weighted by atomic mass is 9.84. The van der Waals surface area contributed by atoms with Gasteiger partial charge in [0.15, 0.2) is 0 Å². The number of ether oxygens (including phenoxy) is 1. The minimum atomic E-state index is -0.522. The highest BCUT2D eigenvalue weighted by atomic mass is 16.6. The molecule has 0 spiro atoms. The molecule has 5 aromatic rings. The number of H-pyrrole nitrogens is 1. The van der Waals surface area contributed by atoms with Crippen LogP contribution in [0.3, 0.4) is 0 Å². The molecule has 4 fully saturated rings. The Morgan fingerprint density at radius 3 is 2.17 bits per heavy atom. The van der Waals surface area contributed by atoms with Gasteiger partial charge in [-0.25, -0.2) is 9.78 Å². The number of aromatic nitrogens is 2. The first kappa shape index (κ1) is 37.3. The highest BCUT2D eigenvalue weighted by Gasteiger charge is 2.48. The maximum Gasteiger partial charge on any atom is 0.411 e. The minimum absolute atomic E-state index is 0.00617. The van der Waals surface area contributed by atoms with Crippen LogP contribution in [0, 0.1) is 11.8 Å². The largest absolute Gasteiger partial charge is 0.444 e. The van der Waals surface area contributed by atoms with E-state index in [0.29, 0.717) is 18.0 Å². The van der Waals surface area contributed by atoms with Gasteiger partial charge in [-0.2, -0.15) is 0 Å². The Kier molecular flexibility index (Phi) is 9.32. The zero-order valence-electron chi connectivity index (χ0n) is 35.2. The van der Waals surface area contributed by atoms with Crippen LogP contribution in [0.4, 0.5) is 10.5 Å². The molecule has 0 radical (unpaired) electrons. The number of aryl methyl sites for hydroxylation is 4. The van der Waals surface area contributed by atoms with E-state index < -0.39 is 5.60 Å². The van der Waals surface area contributed by atoms with E-state index in [0.717, 1.165) is 79.1 Å². The van der Waals surface area contributed by atoms with Crippen molar-refractivity contribution < 1.29 is 9.53 Å². The number of likely N-dealkylation sites (tertiary alicyclic amines) is 1. The average molecular weight is 786 g/mol. The molecule has 6 atom stereocenters.